The Bertz CT molecular complexity index is 58.4. The number of likely N-dealkylation sites (N-methyl/N-ethyl adjacent to an activating group) is 1. The van der Waals surface area contributed by atoms with E-state index in [1.807, 2.05) is 19.0 Å². The first-order valence-corrected chi connectivity index (χ1v) is 3.67. The third kappa shape index (κ3) is 4.56. The lowest BCUT2D eigenvalue weighted by atomic mass is 10.4. The highest BCUT2D eigenvalue weighted by molar-refractivity contribution is 9.09. The Morgan fingerprint density at radius 3 is 2.25 bits per heavy atom. The van der Waals surface area contributed by atoms with E-state index in [9.17, 15) is 0 Å². The highest BCUT2D eigenvalue weighted by Crippen LogP contribution is 1.90. The SMILES string of the molecule is CN(C)CC(O)CBr. The third-order valence-corrected chi connectivity index (χ3v) is 1.50. The molecule has 0 aromatic carbocycles. The summed E-state index contributed by atoms with van der Waals surface area (Å²) in [5.74, 6) is 0. The summed E-state index contributed by atoms with van der Waals surface area (Å²) < 4.78 is 0. The van der Waals surface area contributed by atoms with E-state index in [0.29, 0.717) is 5.33 Å². The molecule has 0 aromatic rings. The van der Waals surface area contributed by atoms with Gasteiger partial charge in [-0.25, -0.2) is 0 Å². The van der Waals surface area contributed by atoms with Crippen molar-refractivity contribution in [1.82, 2.24) is 4.90 Å². The largest absolute Gasteiger partial charge is 0.391 e. The lowest BCUT2D eigenvalue weighted by molar-refractivity contribution is 0.159. The van der Waals surface area contributed by atoms with Gasteiger partial charge in [-0.1, -0.05) is 15.9 Å². The zero-order valence-electron chi connectivity index (χ0n) is 5.26. The molecule has 0 rings (SSSR count). The Hall–Kier alpha value is 0.400. The van der Waals surface area contributed by atoms with Crippen LogP contribution >= 0.6 is 15.9 Å². The monoisotopic (exact) mass is 181 g/mol. The zero-order valence-corrected chi connectivity index (χ0v) is 6.85. The molecule has 8 heavy (non-hydrogen) atoms. The van der Waals surface area contributed by atoms with Crippen molar-refractivity contribution in [2.24, 2.45) is 0 Å². The summed E-state index contributed by atoms with van der Waals surface area (Å²) in [6.07, 6.45) is -0.231. The van der Waals surface area contributed by atoms with Gasteiger partial charge in [-0.15, -0.1) is 0 Å². The van der Waals surface area contributed by atoms with Gasteiger partial charge in [0.15, 0.2) is 0 Å². The summed E-state index contributed by atoms with van der Waals surface area (Å²) in [4.78, 5) is 1.95. The molecule has 0 spiro atoms. The summed E-state index contributed by atoms with van der Waals surface area (Å²) in [5, 5.41) is 9.60. The maximum absolute atomic E-state index is 8.94. The highest BCUT2D eigenvalue weighted by Gasteiger charge is 2.00. The number of rotatable bonds is 3. The molecule has 1 N–H and O–H groups in total. The molecule has 50 valence electrons. The van der Waals surface area contributed by atoms with Crippen LogP contribution in [0.1, 0.15) is 0 Å². The number of alkyl halides is 1. The smallest absolute Gasteiger partial charge is 0.0763 e. The summed E-state index contributed by atoms with van der Waals surface area (Å²) in [6, 6.07) is 0. The van der Waals surface area contributed by atoms with Gasteiger partial charge in [-0.05, 0) is 14.1 Å². The molecule has 2 nitrogen and oxygen atoms in total. The van der Waals surface area contributed by atoms with E-state index in [-0.39, 0.29) is 6.10 Å². The molecule has 0 aliphatic heterocycles. The summed E-state index contributed by atoms with van der Waals surface area (Å²) >= 11 is 3.17. The van der Waals surface area contributed by atoms with Crippen molar-refractivity contribution < 1.29 is 5.11 Å². The predicted octanol–water partition coefficient (Wildman–Crippen LogP) is 0.304. The van der Waals surface area contributed by atoms with Crippen LogP contribution in [0.5, 0.6) is 0 Å². The van der Waals surface area contributed by atoms with Crippen LogP contribution in [-0.2, 0) is 0 Å². The van der Waals surface area contributed by atoms with Crippen molar-refractivity contribution >= 4 is 15.9 Å². The molecule has 1 atom stereocenters. The number of aliphatic hydroxyl groups is 1. The third-order valence-electron chi connectivity index (χ3n) is 0.754. The van der Waals surface area contributed by atoms with Crippen LogP contribution in [0, 0.1) is 0 Å². The van der Waals surface area contributed by atoms with E-state index < -0.39 is 0 Å². The summed E-state index contributed by atoms with van der Waals surface area (Å²) in [7, 11) is 3.87. The maximum Gasteiger partial charge on any atom is 0.0763 e. The van der Waals surface area contributed by atoms with Crippen LogP contribution in [-0.4, -0.2) is 42.1 Å². The summed E-state index contributed by atoms with van der Waals surface area (Å²) in [5.41, 5.74) is 0. The number of hydrogen-bond donors (Lipinski definition) is 1. The average molecular weight is 182 g/mol. The fourth-order valence-corrected chi connectivity index (χ4v) is 0.675. The second-order valence-corrected chi connectivity index (χ2v) is 2.72. The molecule has 0 aliphatic rings. The summed E-state index contributed by atoms with van der Waals surface area (Å²) in [6.45, 7) is 0.727. The topological polar surface area (TPSA) is 23.5 Å². The molecule has 3 heteroatoms. The van der Waals surface area contributed by atoms with Gasteiger partial charge < -0.3 is 10.0 Å². The van der Waals surface area contributed by atoms with Gasteiger partial charge in [0.25, 0.3) is 0 Å². The molecule has 0 heterocycles. The van der Waals surface area contributed by atoms with E-state index in [1.165, 1.54) is 0 Å². The first-order valence-electron chi connectivity index (χ1n) is 2.55. The van der Waals surface area contributed by atoms with Crippen molar-refractivity contribution in [1.29, 1.82) is 0 Å². The van der Waals surface area contributed by atoms with E-state index in [4.69, 9.17) is 5.11 Å². The standard InChI is InChI=1S/C5H12BrNO/c1-7(2)4-5(8)3-6/h5,8H,3-4H2,1-2H3. The quantitative estimate of drug-likeness (QED) is 0.634. The Morgan fingerprint density at radius 1 is 1.62 bits per heavy atom. The molecule has 0 fully saturated rings. The Morgan fingerprint density at radius 2 is 2.12 bits per heavy atom. The van der Waals surface area contributed by atoms with Crippen LogP contribution < -0.4 is 0 Å². The van der Waals surface area contributed by atoms with Crippen molar-refractivity contribution in [3.05, 3.63) is 0 Å². The average Bonchev–Trinajstić information content (AvgIpc) is 1.65. The van der Waals surface area contributed by atoms with Crippen LogP contribution in [0.2, 0.25) is 0 Å². The second-order valence-electron chi connectivity index (χ2n) is 2.07. The molecular formula is C5H12BrNO. The predicted molar refractivity (Wildman–Crippen MR) is 38.4 cm³/mol. The molecule has 1 unspecified atom stereocenters. The van der Waals surface area contributed by atoms with Crippen LogP contribution in [0.3, 0.4) is 0 Å². The Labute approximate surface area is 58.6 Å². The lowest BCUT2D eigenvalue weighted by Gasteiger charge is -2.12. The van der Waals surface area contributed by atoms with Crippen molar-refractivity contribution in [3.63, 3.8) is 0 Å². The number of nitrogens with zero attached hydrogens (tertiary/aromatic N) is 1. The fraction of sp³-hybridized carbons (Fsp3) is 1.00. The van der Waals surface area contributed by atoms with Crippen LogP contribution in [0.25, 0.3) is 0 Å². The van der Waals surface area contributed by atoms with Crippen molar-refractivity contribution in [3.8, 4) is 0 Å². The number of halogens is 1. The van der Waals surface area contributed by atoms with Crippen LogP contribution in [0.15, 0.2) is 0 Å². The zero-order chi connectivity index (χ0) is 6.57. The second kappa shape index (κ2) is 4.30. The fourth-order valence-electron chi connectivity index (χ4n) is 0.470. The number of aliphatic hydroxyl groups excluding tert-OH is 1. The molecule has 0 radical (unpaired) electrons. The van der Waals surface area contributed by atoms with Crippen LogP contribution in [0.4, 0.5) is 0 Å². The minimum absolute atomic E-state index is 0.231. The van der Waals surface area contributed by atoms with Gasteiger partial charge in [0.2, 0.25) is 0 Å². The molecular weight excluding hydrogens is 170 g/mol. The minimum Gasteiger partial charge on any atom is -0.391 e. The van der Waals surface area contributed by atoms with Gasteiger partial charge in [0.05, 0.1) is 6.10 Å². The van der Waals surface area contributed by atoms with Gasteiger partial charge in [-0.3, -0.25) is 0 Å². The molecule has 0 bridgehead atoms. The Balaban J connectivity index is 3.10. The number of hydrogen-bond acceptors (Lipinski definition) is 2. The lowest BCUT2D eigenvalue weighted by Crippen LogP contribution is -2.26. The van der Waals surface area contributed by atoms with E-state index >= 15 is 0 Å². The minimum atomic E-state index is -0.231. The van der Waals surface area contributed by atoms with Gasteiger partial charge >= 0.3 is 0 Å². The highest BCUT2D eigenvalue weighted by atomic mass is 79.9. The molecule has 0 aliphatic carbocycles. The molecule has 0 saturated carbocycles. The van der Waals surface area contributed by atoms with E-state index in [1.54, 1.807) is 0 Å². The van der Waals surface area contributed by atoms with Gasteiger partial charge in [0, 0.05) is 11.9 Å². The van der Waals surface area contributed by atoms with Gasteiger partial charge in [-0.2, -0.15) is 0 Å². The van der Waals surface area contributed by atoms with Gasteiger partial charge in [0.1, 0.15) is 0 Å². The molecule has 0 saturated heterocycles. The van der Waals surface area contributed by atoms with E-state index in [2.05, 4.69) is 15.9 Å². The molecule has 0 amide bonds. The first-order chi connectivity index (χ1) is 3.66. The van der Waals surface area contributed by atoms with E-state index in [0.717, 1.165) is 6.54 Å². The van der Waals surface area contributed by atoms with Crippen molar-refractivity contribution in [2.75, 3.05) is 26.0 Å². The normalized spacial score (nSPS) is 14.6. The molecule has 0 aromatic heterocycles. The maximum atomic E-state index is 8.94. The Kier molecular flexibility index (Phi) is 4.51. The first kappa shape index (κ1) is 8.40. The van der Waals surface area contributed by atoms with Crippen molar-refractivity contribution in [2.45, 2.75) is 6.10 Å².